The van der Waals surface area contributed by atoms with Gasteiger partial charge in [0.2, 0.25) is 5.91 Å². The number of hydrogen-bond donors (Lipinski definition) is 1. The molecular weight excluding hydrogens is 262 g/mol. The van der Waals surface area contributed by atoms with Gasteiger partial charge in [-0.2, -0.15) is 0 Å². The van der Waals surface area contributed by atoms with E-state index in [9.17, 15) is 13.6 Å². The van der Waals surface area contributed by atoms with E-state index in [1.54, 1.807) is 0 Å². The molecule has 2 atom stereocenters. The Kier molecular flexibility index (Phi) is 4.38. The highest BCUT2D eigenvalue weighted by molar-refractivity contribution is 5.78. The van der Waals surface area contributed by atoms with Gasteiger partial charge in [-0.25, -0.2) is 8.78 Å². The third-order valence-corrected chi connectivity index (χ3v) is 3.61. The molecule has 2 rings (SSSR count). The average Bonchev–Trinajstić information content (AvgIpc) is 2.36. The fourth-order valence-corrected chi connectivity index (χ4v) is 2.75. The van der Waals surface area contributed by atoms with E-state index in [0.29, 0.717) is 19.4 Å². The summed E-state index contributed by atoms with van der Waals surface area (Å²) in [7, 11) is 0. The van der Waals surface area contributed by atoms with Crippen LogP contribution in [0, 0.1) is 17.6 Å². The molecule has 1 aromatic rings. The Morgan fingerprint density at radius 3 is 2.50 bits per heavy atom. The van der Waals surface area contributed by atoms with Gasteiger partial charge in [0.25, 0.3) is 0 Å². The molecule has 5 heteroatoms. The van der Waals surface area contributed by atoms with Crippen LogP contribution in [-0.2, 0) is 4.79 Å². The van der Waals surface area contributed by atoms with Crippen molar-refractivity contribution in [3.63, 3.8) is 0 Å². The molecule has 2 unspecified atom stereocenters. The van der Waals surface area contributed by atoms with Gasteiger partial charge < -0.3 is 10.6 Å². The summed E-state index contributed by atoms with van der Waals surface area (Å²) in [6, 6.07) is 2.56. The van der Waals surface area contributed by atoms with Crippen LogP contribution >= 0.6 is 0 Å². The van der Waals surface area contributed by atoms with Crippen LogP contribution in [0.5, 0.6) is 0 Å². The predicted octanol–water partition coefficient (Wildman–Crippen LogP) is 2.61. The highest BCUT2D eigenvalue weighted by atomic mass is 19.1. The summed E-state index contributed by atoms with van der Waals surface area (Å²) in [5.41, 5.74) is 5.96. The Morgan fingerprint density at radius 1 is 1.35 bits per heavy atom. The lowest BCUT2D eigenvalue weighted by atomic mass is 9.89. The summed E-state index contributed by atoms with van der Waals surface area (Å²) >= 11 is 0. The largest absolute Gasteiger partial charge is 0.334 e. The van der Waals surface area contributed by atoms with Crippen molar-refractivity contribution in [2.24, 2.45) is 11.7 Å². The maximum absolute atomic E-state index is 14.0. The van der Waals surface area contributed by atoms with Gasteiger partial charge in [-0.05, 0) is 24.5 Å². The molecule has 0 bridgehead atoms. The van der Waals surface area contributed by atoms with Crippen molar-refractivity contribution in [2.75, 3.05) is 6.54 Å². The van der Waals surface area contributed by atoms with Crippen LogP contribution < -0.4 is 5.73 Å². The lowest BCUT2D eigenvalue weighted by molar-refractivity contribution is -0.138. The number of amides is 1. The predicted molar refractivity (Wildman–Crippen MR) is 72.9 cm³/mol. The van der Waals surface area contributed by atoms with Crippen molar-refractivity contribution >= 4 is 5.91 Å². The van der Waals surface area contributed by atoms with Gasteiger partial charge in [-0.15, -0.1) is 0 Å². The first kappa shape index (κ1) is 14.9. The number of hydrogen-bond acceptors (Lipinski definition) is 2. The lowest BCUT2D eigenvalue weighted by Gasteiger charge is -2.41. The summed E-state index contributed by atoms with van der Waals surface area (Å²) in [6.45, 7) is 4.37. The number of halogens is 2. The van der Waals surface area contributed by atoms with Crippen molar-refractivity contribution in [1.29, 1.82) is 0 Å². The second-order valence-electron chi connectivity index (χ2n) is 5.72. The third-order valence-electron chi connectivity index (χ3n) is 3.61. The molecule has 1 saturated heterocycles. The van der Waals surface area contributed by atoms with Crippen LogP contribution in [0.4, 0.5) is 8.78 Å². The molecule has 1 amide bonds. The minimum absolute atomic E-state index is 0.0892. The van der Waals surface area contributed by atoms with Crippen molar-refractivity contribution in [3.05, 3.63) is 35.4 Å². The summed E-state index contributed by atoms with van der Waals surface area (Å²) in [6.07, 6.45) is 0.784. The quantitative estimate of drug-likeness (QED) is 0.926. The van der Waals surface area contributed by atoms with Crippen molar-refractivity contribution in [3.8, 4) is 0 Å². The van der Waals surface area contributed by atoms with E-state index < -0.39 is 23.7 Å². The van der Waals surface area contributed by atoms with E-state index >= 15 is 0 Å². The molecule has 20 heavy (non-hydrogen) atoms. The summed E-state index contributed by atoms with van der Waals surface area (Å²) < 4.78 is 28.0. The molecule has 2 N–H and O–H groups in total. The number of carbonyl (C=O) groups excluding carboxylic acids is 1. The van der Waals surface area contributed by atoms with E-state index in [4.69, 9.17) is 5.73 Å². The van der Waals surface area contributed by atoms with Gasteiger partial charge in [0, 0.05) is 24.6 Å². The van der Waals surface area contributed by atoms with Gasteiger partial charge >= 0.3 is 0 Å². The minimum atomic E-state index is -0.722. The van der Waals surface area contributed by atoms with Gasteiger partial charge in [0.15, 0.2) is 0 Å². The fraction of sp³-hybridized carbons (Fsp3) is 0.533. The Morgan fingerprint density at radius 2 is 1.95 bits per heavy atom. The number of nitrogens with two attached hydrogens (primary N) is 1. The van der Waals surface area contributed by atoms with E-state index in [0.717, 1.165) is 0 Å². The van der Waals surface area contributed by atoms with Crippen LogP contribution in [0.3, 0.4) is 0 Å². The van der Waals surface area contributed by atoms with E-state index in [1.807, 2.05) is 13.8 Å². The van der Waals surface area contributed by atoms with Crippen LogP contribution in [0.25, 0.3) is 0 Å². The van der Waals surface area contributed by atoms with Crippen LogP contribution in [0.2, 0.25) is 0 Å². The Balaban J connectivity index is 2.45. The average molecular weight is 282 g/mol. The van der Waals surface area contributed by atoms with Crippen LogP contribution in [0.15, 0.2) is 18.2 Å². The van der Waals surface area contributed by atoms with E-state index in [2.05, 4.69) is 0 Å². The molecule has 0 radical (unpaired) electrons. The molecular formula is C15H20F2N2O. The molecule has 0 aliphatic carbocycles. The molecule has 3 nitrogen and oxygen atoms in total. The van der Waals surface area contributed by atoms with Crippen LogP contribution in [0.1, 0.15) is 38.3 Å². The standard InChI is InChI=1S/C15H20F2N2O/c1-9(2)8-19-13(20)7-6-12(18)15(19)14-10(16)4-3-5-11(14)17/h3-5,9,12,15H,6-8,18H2,1-2H3. The molecule has 1 fully saturated rings. The minimum Gasteiger partial charge on any atom is -0.334 e. The van der Waals surface area contributed by atoms with E-state index in [1.165, 1.54) is 23.1 Å². The molecule has 0 spiro atoms. The van der Waals surface area contributed by atoms with Gasteiger partial charge in [0.05, 0.1) is 6.04 Å². The number of benzene rings is 1. The zero-order valence-electron chi connectivity index (χ0n) is 11.8. The number of likely N-dealkylation sites (tertiary alicyclic amines) is 1. The zero-order chi connectivity index (χ0) is 14.9. The monoisotopic (exact) mass is 282 g/mol. The normalized spacial score (nSPS) is 23.5. The first-order valence-electron chi connectivity index (χ1n) is 6.90. The number of piperidine rings is 1. The number of rotatable bonds is 3. The van der Waals surface area contributed by atoms with Gasteiger partial charge in [-0.1, -0.05) is 19.9 Å². The zero-order valence-corrected chi connectivity index (χ0v) is 11.8. The fourth-order valence-electron chi connectivity index (χ4n) is 2.75. The van der Waals surface area contributed by atoms with Crippen molar-refractivity contribution < 1.29 is 13.6 Å². The summed E-state index contributed by atoms with van der Waals surface area (Å²) in [5.74, 6) is -1.17. The Labute approximate surface area is 117 Å². The SMILES string of the molecule is CC(C)CN1C(=O)CCC(N)C1c1c(F)cccc1F. The highest BCUT2D eigenvalue weighted by Gasteiger charge is 2.38. The molecule has 110 valence electrons. The first-order valence-corrected chi connectivity index (χ1v) is 6.90. The maximum atomic E-state index is 14.0. The Hall–Kier alpha value is -1.49. The number of carbonyl (C=O) groups is 1. The molecule has 0 saturated carbocycles. The molecule has 1 aliphatic rings. The second-order valence-corrected chi connectivity index (χ2v) is 5.72. The molecule has 1 aromatic carbocycles. The lowest BCUT2D eigenvalue weighted by Crippen LogP contribution is -2.50. The third kappa shape index (κ3) is 2.82. The summed E-state index contributed by atoms with van der Waals surface area (Å²) in [5, 5.41) is 0. The number of nitrogens with zero attached hydrogens (tertiary/aromatic N) is 1. The molecule has 0 aromatic heterocycles. The molecule has 1 aliphatic heterocycles. The topological polar surface area (TPSA) is 46.3 Å². The van der Waals surface area contributed by atoms with Crippen molar-refractivity contribution in [2.45, 2.75) is 38.8 Å². The van der Waals surface area contributed by atoms with Crippen LogP contribution in [-0.4, -0.2) is 23.4 Å². The van der Waals surface area contributed by atoms with E-state index in [-0.39, 0.29) is 17.4 Å². The first-order chi connectivity index (χ1) is 9.41. The molecule has 1 heterocycles. The smallest absolute Gasteiger partial charge is 0.223 e. The van der Waals surface area contributed by atoms with Gasteiger partial charge in [-0.3, -0.25) is 4.79 Å². The summed E-state index contributed by atoms with van der Waals surface area (Å²) in [4.78, 5) is 13.6. The highest BCUT2D eigenvalue weighted by Crippen LogP contribution is 2.34. The Bertz CT molecular complexity index is 484. The van der Waals surface area contributed by atoms with Gasteiger partial charge in [0.1, 0.15) is 11.6 Å². The maximum Gasteiger partial charge on any atom is 0.223 e. The second kappa shape index (κ2) is 5.87. The van der Waals surface area contributed by atoms with Crippen molar-refractivity contribution in [1.82, 2.24) is 4.90 Å².